The fourth-order valence-electron chi connectivity index (χ4n) is 6.42. The van der Waals surface area contributed by atoms with Gasteiger partial charge >= 0.3 is 11.9 Å². The van der Waals surface area contributed by atoms with Gasteiger partial charge in [-0.3, -0.25) is 19.2 Å². The lowest BCUT2D eigenvalue weighted by molar-refractivity contribution is 0.0686. The van der Waals surface area contributed by atoms with Crippen LogP contribution in [0.15, 0.2) is 178 Å². The summed E-state index contributed by atoms with van der Waals surface area (Å²) in [6.45, 7) is 0. The number of methoxy groups -OCH3 is 1. The first-order valence-electron chi connectivity index (χ1n) is 22.5. The van der Waals surface area contributed by atoms with E-state index >= 15 is 0 Å². The van der Waals surface area contributed by atoms with Gasteiger partial charge in [0.1, 0.15) is 34.5 Å². The molecule has 0 aromatic heterocycles. The topological polar surface area (TPSA) is 301 Å². The van der Waals surface area contributed by atoms with E-state index in [1.54, 1.807) is 67.8 Å². The van der Waals surface area contributed by atoms with Crippen molar-refractivity contribution in [3.8, 4) is 34.5 Å². The van der Waals surface area contributed by atoms with Crippen LogP contribution >= 0.6 is 159 Å². The number of halogens is 10. The predicted octanol–water partition coefficient (Wildman–Crippen LogP) is 17.3. The predicted molar refractivity (Wildman–Crippen MR) is 349 cm³/mol. The first kappa shape index (κ1) is 68.0. The minimum atomic E-state index is -1.10. The molecule has 8 aromatic carbocycles. The number of carboxylic acids is 2. The molecule has 0 saturated carbocycles. The Morgan fingerprint density at radius 1 is 0.325 bits per heavy atom. The number of benzene rings is 8. The van der Waals surface area contributed by atoms with Crippen LogP contribution in [0.2, 0.25) is 0 Å². The van der Waals surface area contributed by atoms with Gasteiger partial charge in [0.25, 0.3) is 23.6 Å². The molecule has 0 bridgehead atoms. The molecule has 4 amide bonds. The van der Waals surface area contributed by atoms with Gasteiger partial charge in [0.2, 0.25) is 0 Å². The van der Waals surface area contributed by atoms with Crippen LogP contribution in [0, 0.1) is 0 Å². The smallest absolute Gasteiger partial charge is 0.335 e. The van der Waals surface area contributed by atoms with Gasteiger partial charge in [-0.2, -0.15) is 0 Å². The molecule has 0 radical (unpaired) electrons. The Bertz CT molecular complexity index is 3680. The summed E-state index contributed by atoms with van der Waals surface area (Å²) in [7, 11) is 1.55. The number of rotatable bonds is 11. The van der Waals surface area contributed by atoms with Crippen molar-refractivity contribution >= 4 is 218 Å². The highest BCUT2D eigenvalue weighted by Crippen LogP contribution is 2.39. The number of aromatic hydroxyl groups is 5. The van der Waals surface area contributed by atoms with Crippen LogP contribution in [0.5, 0.6) is 34.5 Å². The number of amides is 4. The molecule has 0 aliphatic rings. The highest BCUT2D eigenvalue weighted by atomic mass is 79.9. The molecule has 8 rings (SSSR count). The van der Waals surface area contributed by atoms with E-state index in [-0.39, 0.29) is 63.2 Å². The van der Waals surface area contributed by atoms with Crippen molar-refractivity contribution in [2.75, 3.05) is 28.4 Å². The Hall–Kier alpha value is -5.82. The van der Waals surface area contributed by atoms with Crippen LogP contribution in [-0.2, 0) is 0 Å². The fraction of sp³-hybridized carbons (Fsp3) is 0.0182. The number of hydrogen-bond donors (Lipinski definition) is 11. The third-order valence-corrected chi connectivity index (χ3v) is 16.5. The second kappa shape index (κ2) is 31.4. The minimum absolute atomic E-state index is 0.0286. The number of anilines is 4. The van der Waals surface area contributed by atoms with Crippen molar-refractivity contribution in [1.82, 2.24) is 0 Å². The zero-order valence-corrected chi connectivity index (χ0v) is 57.3. The van der Waals surface area contributed by atoms with Gasteiger partial charge in [0.05, 0.1) is 63.0 Å². The Balaban J connectivity index is 0.000000203. The molecule has 8 aromatic rings. The molecule has 430 valence electrons. The molecule has 0 heterocycles. The zero-order valence-electron chi connectivity index (χ0n) is 41.5. The van der Waals surface area contributed by atoms with E-state index in [9.17, 15) is 49.2 Å². The van der Waals surface area contributed by atoms with Crippen molar-refractivity contribution in [3.05, 3.63) is 212 Å². The first-order chi connectivity index (χ1) is 39.1. The zero-order chi connectivity index (χ0) is 61.6. The molecule has 0 atom stereocenters. The van der Waals surface area contributed by atoms with Gasteiger partial charge in [-0.1, -0.05) is 6.07 Å². The van der Waals surface area contributed by atoms with E-state index in [2.05, 4.69) is 181 Å². The maximum Gasteiger partial charge on any atom is 0.335 e. The monoisotopic (exact) mass is 1770 g/mol. The van der Waals surface area contributed by atoms with Crippen molar-refractivity contribution in [3.63, 3.8) is 0 Å². The minimum Gasteiger partial charge on any atom is -0.508 e. The van der Waals surface area contributed by atoms with Crippen molar-refractivity contribution in [2.24, 2.45) is 0 Å². The Kier molecular flexibility index (Phi) is 25.7. The number of ether oxygens (including phenoxy) is 1. The first-order valence-corrected chi connectivity index (χ1v) is 30.5. The Labute approximate surface area is 555 Å². The average molecular weight is 1780 g/mol. The molecule has 83 heavy (non-hydrogen) atoms. The van der Waals surface area contributed by atoms with Crippen molar-refractivity contribution in [1.29, 1.82) is 0 Å². The third kappa shape index (κ3) is 19.6. The molecule has 11 N–H and O–H groups in total. The van der Waals surface area contributed by atoms with Crippen LogP contribution in [0.3, 0.4) is 0 Å². The normalized spacial score (nSPS) is 10.3. The number of hydrogen-bond acceptors (Lipinski definition) is 12. The number of phenolic OH excluding ortho intramolecular Hbond substituents is 5. The maximum absolute atomic E-state index is 12.3. The largest absolute Gasteiger partial charge is 0.508 e. The summed E-state index contributed by atoms with van der Waals surface area (Å²) < 4.78 is 10.2. The summed E-state index contributed by atoms with van der Waals surface area (Å²) in [5.41, 5.74) is 3.63. The number of nitrogens with one attached hydrogen (secondary N) is 4. The third-order valence-electron chi connectivity index (χ3n) is 10.5. The molecule has 0 fully saturated rings. The van der Waals surface area contributed by atoms with Crippen LogP contribution in [0.1, 0.15) is 62.1 Å². The molecule has 0 aliphatic carbocycles. The summed E-state index contributed by atoms with van der Waals surface area (Å²) in [6, 6.07) is 33.2. The fourth-order valence-corrected chi connectivity index (χ4v) is 12.7. The SMILES string of the molecule is COc1c(Br)cc(C(=O)Nc2cc(Br)c(O)c(Br)c2)cc1Br.O=C(Nc1cc(Br)c(O)c(Br)c1)c1ccc(O)cc1.O=C(O)c1ccc(C(=O)Nc2cc(Br)c(O)c(Br)c2)cc1.O=C(O)c1cccc(C(=O)Nc2cc(Br)c(O)c(Br)c2)c1. The van der Waals surface area contributed by atoms with Crippen LogP contribution in [-0.4, -0.2) is 78.4 Å². The van der Waals surface area contributed by atoms with Gasteiger partial charge in [-0.05, 0) is 287 Å². The highest BCUT2D eigenvalue weighted by Gasteiger charge is 2.17. The molecule has 0 spiro atoms. The van der Waals surface area contributed by atoms with Gasteiger partial charge in [0.15, 0.2) is 0 Å². The molecule has 28 heteroatoms. The number of aromatic carboxylic acids is 2. The van der Waals surface area contributed by atoms with Gasteiger partial charge in [-0.15, -0.1) is 0 Å². The van der Waals surface area contributed by atoms with Crippen molar-refractivity contribution < 1.29 is 69.2 Å². The van der Waals surface area contributed by atoms with E-state index in [4.69, 9.17) is 20.1 Å². The molecular formula is C55H36Br10N4O14. The second-order valence-corrected chi connectivity index (χ2v) is 24.8. The lowest BCUT2D eigenvalue weighted by Gasteiger charge is -2.11. The standard InChI is InChI=1S/C14H9Br4NO3.2C14H9Br2NO4.C13H9Br2NO3/c1-22-13-10(17)2-6(3-11(13)18)14(21)19-7-4-8(15)12(20)9(16)5-7;15-10-5-9(6-11(16)12(10)18)17-13(19)7-1-3-8(4-2-7)14(20)21;15-10-5-9(6-11(16)12(10)18)17-13(19)7-2-1-3-8(4-7)14(20)21;14-10-5-8(6-11(15)12(10)18)16-13(19)7-1-3-9(17)4-2-7/h2-5,20H,1H3,(H,19,21);2*1-6,18H,(H,17,19)(H,20,21);1-6,17-18H,(H,16,19). The van der Waals surface area contributed by atoms with Crippen LogP contribution in [0.25, 0.3) is 0 Å². The molecule has 18 nitrogen and oxygen atoms in total. The summed E-state index contributed by atoms with van der Waals surface area (Å²) in [6.07, 6.45) is 0. The van der Waals surface area contributed by atoms with Crippen LogP contribution in [0.4, 0.5) is 22.7 Å². The maximum atomic E-state index is 12.3. The Morgan fingerprint density at radius 2 is 0.590 bits per heavy atom. The highest BCUT2D eigenvalue weighted by molar-refractivity contribution is 9.12. The number of phenols is 5. The van der Waals surface area contributed by atoms with E-state index in [0.29, 0.717) is 89.9 Å². The van der Waals surface area contributed by atoms with E-state index in [0.717, 1.165) is 0 Å². The Morgan fingerprint density at radius 3 is 0.892 bits per heavy atom. The van der Waals surface area contributed by atoms with E-state index in [1.807, 2.05) is 0 Å². The van der Waals surface area contributed by atoms with Gasteiger partial charge < -0.3 is 61.7 Å². The summed E-state index contributed by atoms with van der Waals surface area (Å²) in [5.74, 6) is -2.61. The van der Waals surface area contributed by atoms with E-state index < -0.39 is 17.8 Å². The number of carbonyl (C=O) groups is 6. The molecular weight excluding hydrogens is 1740 g/mol. The van der Waals surface area contributed by atoms with Gasteiger partial charge in [-0.25, -0.2) is 9.59 Å². The lowest BCUT2D eigenvalue weighted by atomic mass is 10.1. The summed E-state index contributed by atoms with van der Waals surface area (Å²) in [4.78, 5) is 70.1. The number of carbonyl (C=O) groups excluding carboxylic acids is 4. The summed E-state index contributed by atoms with van der Waals surface area (Å²) in [5, 5.41) is 76.1. The quantitative estimate of drug-likeness (QED) is 0.0537. The van der Waals surface area contributed by atoms with Crippen molar-refractivity contribution in [2.45, 2.75) is 0 Å². The van der Waals surface area contributed by atoms with Crippen LogP contribution < -0.4 is 26.0 Å². The molecule has 0 saturated heterocycles. The lowest BCUT2D eigenvalue weighted by Crippen LogP contribution is -2.12. The number of carboxylic acid groups (broad SMARTS) is 2. The molecule has 0 unspecified atom stereocenters. The summed E-state index contributed by atoms with van der Waals surface area (Å²) >= 11 is 32.2. The molecule has 0 aliphatic heterocycles. The van der Waals surface area contributed by atoms with Gasteiger partial charge in [0, 0.05) is 45.0 Å². The van der Waals surface area contributed by atoms with E-state index in [1.165, 1.54) is 72.8 Å². The second-order valence-electron chi connectivity index (χ2n) is 16.3. The average Bonchev–Trinajstić information content (AvgIpc) is 3.59.